The Balaban J connectivity index is 4.53. The molecule has 0 heterocycles. The van der Waals surface area contributed by atoms with Crippen LogP contribution in [0.1, 0.15) is 72.1 Å². The lowest BCUT2D eigenvalue weighted by atomic mass is 9.90. The zero-order valence-corrected chi connectivity index (χ0v) is 13.8. The average molecular weight is 320 g/mol. The number of alkyl halides is 3. The third kappa shape index (κ3) is 9.74. The largest absolute Gasteiger partial charge is 0.450 e. The molecule has 0 N–H and O–H groups in total. The molecule has 0 aliphatic carbocycles. The maximum Gasteiger partial charge on any atom is 0.450 e. The van der Waals surface area contributed by atoms with Crippen molar-refractivity contribution in [3.8, 4) is 0 Å². The number of hydrogen-bond donors (Lipinski definition) is 0. The summed E-state index contributed by atoms with van der Waals surface area (Å²) < 4.78 is 36.8. The van der Waals surface area contributed by atoms with E-state index in [0.717, 1.165) is 37.7 Å². The highest BCUT2D eigenvalue weighted by atomic mass is 19.4. The van der Waals surface area contributed by atoms with Crippen molar-refractivity contribution in [1.82, 2.24) is 0 Å². The van der Waals surface area contributed by atoms with E-state index in [1.54, 1.807) is 0 Å². The Labute approximate surface area is 131 Å². The predicted octanol–water partition coefficient (Wildman–Crippen LogP) is 5.41. The Morgan fingerprint density at radius 3 is 2.14 bits per heavy atom. The third-order valence-corrected chi connectivity index (χ3v) is 3.57. The van der Waals surface area contributed by atoms with Gasteiger partial charge >= 0.3 is 6.18 Å². The lowest BCUT2D eigenvalue weighted by Crippen LogP contribution is -2.28. The van der Waals surface area contributed by atoms with Crippen LogP contribution in [0.3, 0.4) is 0 Å². The number of allylic oxidation sites excluding steroid dienone is 2. The molecule has 0 aromatic heterocycles. The molecule has 0 amide bonds. The molecule has 5 heteroatoms. The summed E-state index contributed by atoms with van der Waals surface area (Å²) in [7, 11) is 0. The maximum atomic E-state index is 12.3. The fourth-order valence-electron chi connectivity index (χ4n) is 2.19. The van der Waals surface area contributed by atoms with E-state index < -0.39 is 30.1 Å². The Hall–Kier alpha value is -1.13. The molecule has 1 atom stereocenters. The number of carbonyl (C=O) groups excluding carboxylic acids is 2. The standard InChI is InChI=1S/C17H27F3O2/c1-4-5-6-7-8-9-14(11-10-13(2)3)15(21)12-16(22)17(18,19)20/h10,14H,4-9,11-12H2,1-3H3. The van der Waals surface area contributed by atoms with Crippen molar-refractivity contribution in [3.05, 3.63) is 11.6 Å². The first-order valence-corrected chi connectivity index (χ1v) is 7.94. The van der Waals surface area contributed by atoms with Crippen LogP contribution in [-0.4, -0.2) is 17.7 Å². The van der Waals surface area contributed by atoms with Gasteiger partial charge in [0.05, 0.1) is 6.42 Å². The Morgan fingerprint density at radius 1 is 1.05 bits per heavy atom. The number of Topliss-reactive ketones (excluding diaryl/α,β-unsaturated/α-hetero) is 2. The van der Waals surface area contributed by atoms with Gasteiger partial charge in [0.25, 0.3) is 0 Å². The SMILES string of the molecule is CCCCCCCC(CC=C(C)C)C(=O)CC(=O)C(F)(F)F. The van der Waals surface area contributed by atoms with Crippen LogP contribution in [0.5, 0.6) is 0 Å². The minimum absolute atomic E-state index is 0.417. The summed E-state index contributed by atoms with van der Waals surface area (Å²) in [6.45, 7) is 5.86. The van der Waals surface area contributed by atoms with Gasteiger partial charge in [0.15, 0.2) is 0 Å². The van der Waals surface area contributed by atoms with Crippen LogP contribution in [0.2, 0.25) is 0 Å². The summed E-state index contributed by atoms with van der Waals surface area (Å²) in [4.78, 5) is 23.0. The zero-order chi connectivity index (χ0) is 17.2. The molecule has 0 bridgehead atoms. The molecular formula is C17H27F3O2. The number of rotatable bonds is 11. The zero-order valence-electron chi connectivity index (χ0n) is 13.8. The third-order valence-electron chi connectivity index (χ3n) is 3.57. The molecule has 22 heavy (non-hydrogen) atoms. The molecule has 0 fully saturated rings. The second-order valence-electron chi connectivity index (χ2n) is 5.98. The molecule has 0 saturated carbocycles. The molecule has 0 saturated heterocycles. The molecule has 0 aliphatic heterocycles. The van der Waals surface area contributed by atoms with Crippen molar-refractivity contribution in [3.63, 3.8) is 0 Å². The maximum absolute atomic E-state index is 12.3. The molecule has 0 radical (unpaired) electrons. The van der Waals surface area contributed by atoms with E-state index in [1.165, 1.54) is 0 Å². The Morgan fingerprint density at radius 2 is 1.64 bits per heavy atom. The average Bonchev–Trinajstić information content (AvgIpc) is 2.40. The van der Waals surface area contributed by atoms with E-state index in [2.05, 4.69) is 6.92 Å². The van der Waals surface area contributed by atoms with Gasteiger partial charge < -0.3 is 0 Å². The highest BCUT2D eigenvalue weighted by Gasteiger charge is 2.39. The molecule has 0 spiro atoms. The van der Waals surface area contributed by atoms with Crippen molar-refractivity contribution < 1.29 is 22.8 Å². The first kappa shape index (κ1) is 20.9. The number of unbranched alkanes of at least 4 members (excludes halogenated alkanes) is 4. The molecule has 2 nitrogen and oxygen atoms in total. The van der Waals surface area contributed by atoms with E-state index >= 15 is 0 Å². The molecule has 0 aromatic carbocycles. The van der Waals surface area contributed by atoms with E-state index in [1.807, 2.05) is 19.9 Å². The van der Waals surface area contributed by atoms with Gasteiger partial charge in [0.2, 0.25) is 5.78 Å². The molecular weight excluding hydrogens is 293 g/mol. The van der Waals surface area contributed by atoms with Gasteiger partial charge in [0, 0.05) is 5.92 Å². The number of carbonyl (C=O) groups is 2. The second kappa shape index (κ2) is 10.6. The van der Waals surface area contributed by atoms with Crippen LogP contribution in [0.15, 0.2) is 11.6 Å². The van der Waals surface area contributed by atoms with E-state index in [4.69, 9.17) is 0 Å². The highest BCUT2D eigenvalue weighted by molar-refractivity contribution is 6.02. The lowest BCUT2D eigenvalue weighted by molar-refractivity contribution is -0.172. The van der Waals surface area contributed by atoms with Crippen molar-refractivity contribution in [2.45, 2.75) is 78.3 Å². The van der Waals surface area contributed by atoms with Gasteiger partial charge in [-0.15, -0.1) is 0 Å². The van der Waals surface area contributed by atoms with Crippen LogP contribution in [-0.2, 0) is 9.59 Å². The molecule has 0 rings (SSSR count). The number of ketones is 2. The minimum Gasteiger partial charge on any atom is -0.299 e. The fourth-order valence-corrected chi connectivity index (χ4v) is 2.19. The summed E-state index contributed by atoms with van der Waals surface area (Å²) in [5.41, 5.74) is 1.02. The predicted molar refractivity (Wildman–Crippen MR) is 81.6 cm³/mol. The van der Waals surface area contributed by atoms with Crippen LogP contribution < -0.4 is 0 Å². The van der Waals surface area contributed by atoms with Crippen molar-refractivity contribution in [2.75, 3.05) is 0 Å². The summed E-state index contributed by atoms with van der Waals surface area (Å²) in [6, 6.07) is 0. The normalized spacial score (nSPS) is 12.8. The van der Waals surface area contributed by atoms with Crippen LogP contribution >= 0.6 is 0 Å². The lowest BCUT2D eigenvalue weighted by Gasteiger charge is -2.14. The van der Waals surface area contributed by atoms with Crippen LogP contribution in [0, 0.1) is 5.92 Å². The summed E-state index contributed by atoms with van der Waals surface area (Å²) in [5.74, 6) is -3.01. The van der Waals surface area contributed by atoms with Gasteiger partial charge in [-0.25, -0.2) is 0 Å². The van der Waals surface area contributed by atoms with Gasteiger partial charge in [-0.2, -0.15) is 13.2 Å². The van der Waals surface area contributed by atoms with Crippen molar-refractivity contribution in [2.24, 2.45) is 5.92 Å². The van der Waals surface area contributed by atoms with E-state index in [9.17, 15) is 22.8 Å². The topological polar surface area (TPSA) is 34.1 Å². The second-order valence-corrected chi connectivity index (χ2v) is 5.98. The van der Waals surface area contributed by atoms with Crippen molar-refractivity contribution in [1.29, 1.82) is 0 Å². The van der Waals surface area contributed by atoms with Gasteiger partial charge in [-0.3, -0.25) is 9.59 Å². The van der Waals surface area contributed by atoms with Gasteiger partial charge in [-0.05, 0) is 26.7 Å². The summed E-state index contributed by atoms with van der Waals surface area (Å²) >= 11 is 0. The fraction of sp³-hybridized carbons (Fsp3) is 0.765. The molecule has 0 aliphatic rings. The van der Waals surface area contributed by atoms with Crippen molar-refractivity contribution >= 4 is 11.6 Å². The van der Waals surface area contributed by atoms with Crippen LogP contribution in [0.25, 0.3) is 0 Å². The van der Waals surface area contributed by atoms with E-state index in [-0.39, 0.29) is 0 Å². The monoisotopic (exact) mass is 320 g/mol. The first-order valence-electron chi connectivity index (χ1n) is 7.94. The number of halogens is 3. The van der Waals surface area contributed by atoms with Gasteiger partial charge in [0.1, 0.15) is 5.78 Å². The van der Waals surface area contributed by atoms with E-state index in [0.29, 0.717) is 12.8 Å². The molecule has 1 unspecified atom stereocenters. The Kier molecular flexibility index (Phi) is 10.0. The number of hydrogen-bond acceptors (Lipinski definition) is 2. The summed E-state index contributed by atoms with van der Waals surface area (Å²) in [5, 5.41) is 0. The highest BCUT2D eigenvalue weighted by Crippen LogP contribution is 2.23. The molecule has 0 aromatic rings. The molecule has 128 valence electrons. The first-order chi connectivity index (χ1) is 10.2. The van der Waals surface area contributed by atoms with Gasteiger partial charge in [-0.1, -0.05) is 50.7 Å². The quantitative estimate of drug-likeness (QED) is 0.290. The Bertz CT molecular complexity index is 380. The van der Waals surface area contributed by atoms with Crippen LogP contribution in [0.4, 0.5) is 13.2 Å². The smallest absolute Gasteiger partial charge is 0.299 e. The summed E-state index contributed by atoms with van der Waals surface area (Å²) in [6.07, 6.45) is 1.97. The minimum atomic E-state index is -4.92.